The van der Waals surface area contributed by atoms with E-state index in [1.54, 1.807) is 7.11 Å². The van der Waals surface area contributed by atoms with Crippen molar-refractivity contribution in [3.63, 3.8) is 0 Å². The number of hydrogen-bond acceptors (Lipinski definition) is 2. The van der Waals surface area contributed by atoms with E-state index in [1.165, 1.54) is 36.8 Å². The van der Waals surface area contributed by atoms with E-state index >= 15 is 0 Å². The van der Waals surface area contributed by atoms with Gasteiger partial charge in [-0.25, -0.2) is 0 Å². The highest BCUT2D eigenvalue weighted by atomic mass is 16.5. The fourth-order valence-electron chi connectivity index (χ4n) is 4.07. The Kier molecular flexibility index (Phi) is 2.86. The molecule has 0 heterocycles. The molecule has 3 rings (SSSR count). The van der Waals surface area contributed by atoms with Gasteiger partial charge in [-0.2, -0.15) is 0 Å². The fourth-order valence-corrected chi connectivity index (χ4v) is 4.07. The van der Waals surface area contributed by atoms with E-state index in [0.717, 1.165) is 12.2 Å². The van der Waals surface area contributed by atoms with Crippen molar-refractivity contribution in [1.82, 2.24) is 0 Å². The largest absolute Gasteiger partial charge is 0.496 e. The molecule has 18 heavy (non-hydrogen) atoms. The Hall–Kier alpha value is -1.02. The van der Waals surface area contributed by atoms with E-state index in [-0.39, 0.29) is 5.41 Å². The van der Waals surface area contributed by atoms with Crippen LogP contribution >= 0.6 is 0 Å². The second-order valence-corrected chi connectivity index (χ2v) is 6.14. The van der Waals surface area contributed by atoms with Gasteiger partial charge >= 0.3 is 0 Å². The van der Waals surface area contributed by atoms with Crippen LogP contribution in [0.5, 0.6) is 5.75 Å². The monoisotopic (exact) mass is 245 g/mol. The molecule has 3 atom stereocenters. The van der Waals surface area contributed by atoms with Crippen molar-refractivity contribution in [1.29, 1.82) is 0 Å². The molecule has 1 aromatic carbocycles. The average molecular weight is 245 g/mol. The van der Waals surface area contributed by atoms with Gasteiger partial charge in [0.1, 0.15) is 5.75 Å². The minimum Gasteiger partial charge on any atom is -0.496 e. The standard InChI is InChI=1S/C16H23NO/c1-16-9-4-3-6-11(15(16)17)10-12-13(16)7-5-8-14(12)18-2/h5,7-8,11,15H,3-4,6,9-10,17H2,1-2H3/t11?,15-,16+/m0/s1. The Bertz CT molecular complexity index is 456. The summed E-state index contributed by atoms with van der Waals surface area (Å²) in [6.45, 7) is 2.35. The maximum Gasteiger partial charge on any atom is 0.122 e. The van der Waals surface area contributed by atoms with Crippen LogP contribution in [0.15, 0.2) is 18.2 Å². The Morgan fingerprint density at radius 3 is 2.94 bits per heavy atom. The molecule has 2 heteroatoms. The zero-order chi connectivity index (χ0) is 12.8. The first-order chi connectivity index (χ1) is 8.66. The Labute approximate surface area is 110 Å². The van der Waals surface area contributed by atoms with Gasteiger partial charge in [-0.3, -0.25) is 0 Å². The normalized spacial score (nSPS) is 34.6. The number of benzene rings is 1. The summed E-state index contributed by atoms with van der Waals surface area (Å²) in [7, 11) is 1.77. The molecule has 0 saturated heterocycles. The maximum absolute atomic E-state index is 6.58. The third kappa shape index (κ3) is 1.58. The minimum absolute atomic E-state index is 0.142. The van der Waals surface area contributed by atoms with Crippen LogP contribution in [-0.2, 0) is 11.8 Å². The zero-order valence-corrected chi connectivity index (χ0v) is 11.4. The van der Waals surface area contributed by atoms with Gasteiger partial charge in [0.2, 0.25) is 0 Å². The molecule has 2 aliphatic carbocycles. The van der Waals surface area contributed by atoms with Crippen molar-refractivity contribution < 1.29 is 4.74 Å². The van der Waals surface area contributed by atoms with Crippen molar-refractivity contribution in [2.24, 2.45) is 11.7 Å². The van der Waals surface area contributed by atoms with E-state index in [9.17, 15) is 0 Å². The van der Waals surface area contributed by atoms with Crippen LogP contribution in [0, 0.1) is 5.92 Å². The Balaban J connectivity index is 2.17. The molecule has 0 amide bonds. The summed E-state index contributed by atoms with van der Waals surface area (Å²) in [6, 6.07) is 6.77. The molecule has 0 aliphatic heterocycles. The molecule has 98 valence electrons. The first-order valence-corrected chi connectivity index (χ1v) is 7.09. The highest BCUT2D eigenvalue weighted by molar-refractivity contribution is 5.47. The molecule has 0 spiro atoms. The minimum atomic E-state index is 0.142. The van der Waals surface area contributed by atoms with E-state index in [2.05, 4.69) is 25.1 Å². The molecule has 1 aromatic rings. The molecular formula is C16H23NO. The predicted molar refractivity (Wildman–Crippen MR) is 74.0 cm³/mol. The summed E-state index contributed by atoms with van der Waals surface area (Å²) < 4.78 is 5.56. The number of methoxy groups -OCH3 is 1. The molecule has 2 bridgehead atoms. The number of nitrogens with two attached hydrogens (primary N) is 1. The van der Waals surface area contributed by atoms with Gasteiger partial charge in [-0.1, -0.05) is 31.9 Å². The summed E-state index contributed by atoms with van der Waals surface area (Å²) >= 11 is 0. The van der Waals surface area contributed by atoms with E-state index in [0.29, 0.717) is 12.0 Å². The number of rotatable bonds is 1. The van der Waals surface area contributed by atoms with Crippen molar-refractivity contribution >= 4 is 0 Å². The van der Waals surface area contributed by atoms with Gasteiger partial charge in [-0.05, 0) is 42.4 Å². The van der Waals surface area contributed by atoms with Crippen LogP contribution in [0.25, 0.3) is 0 Å². The molecule has 1 fully saturated rings. The first kappa shape index (κ1) is 12.0. The topological polar surface area (TPSA) is 35.2 Å². The Morgan fingerprint density at radius 2 is 2.17 bits per heavy atom. The van der Waals surface area contributed by atoms with Gasteiger partial charge in [0.05, 0.1) is 7.11 Å². The first-order valence-electron chi connectivity index (χ1n) is 7.09. The van der Waals surface area contributed by atoms with Gasteiger partial charge < -0.3 is 10.5 Å². The predicted octanol–water partition coefficient (Wildman–Crippen LogP) is 3.03. The second-order valence-electron chi connectivity index (χ2n) is 6.14. The van der Waals surface area contributed by atoms with Crippen LogP contribution in [0.3, 0.4) is 0 Å². The molecule has 0 aromatic heterocycles. The van der Waals surface area contributed by atoms with Crippen LogP contribution in [0.2, 0.25) is 0 Å². The quantitative estimate of drug-likeness (QED) is 0.825. The van der Waals surface area contributed by atoms with Crippen molar-refractivity contribution in [3.8, 4) is 5.75 Å². The highest BCUT2D eigenvalue weighted by Gasteiger charge is 2.45. The lowest BCUT2D eigenvalue weighted by Gasteiger charge is -2.44. The van der Waals surface area contributed by atoms with Gasteiger partial charge in [0.25, 0.3) is 0 Å². The Morgan fingerprint density at radius 1 is 1.33 bits per heavy atom. The highest BCUT2D eigenvalue weighted by Crippen LogP contribution is 2.48. The lowest BCUT2D eigenvalue weighted by molar-refractivity contribution is 0.250. The van der Waals surface area contributed by atoms with Crippen LogP contribution < -0.4 is 10.5 Å². The van der Waals surface area contributed by atoms with Gasteiger partial charge in [0, 0.05) is 11.5 Å². The molecule has 2 aliphatic rings. The number of fused-ring (bicyclic) bond motifs is 4. The lowest BCUT2D eigenvalue weighted by atomic mass is 9.63. The van der Waals surface area contributed by atoms with Crippen molar-refractivity contribution in [2.45, 2.75) is 50.5 Å². The number of ether oxygens (including phenoxy) is 1. The summed E-state index contributed by atoms with van der Waals surface area (Å²) in [4.78, 5) is 0. The summed E-state index contributed by atoms with van der Waals surface area (Å²) in [5, 5.41) is 0. The second kappa shape index (κ2) is 4.27. The van der Waals surface area contributed by atoms with Crippen LogP contribution in [0.4, 0.5) is 0 Å². The van der Waals surface area contributed by atoms with Crippen molar-refractivity contribution in [2.75, 3.05) is 7.11 Å². The molecule has 0 radical (unpaired) electrons. The fraction of sp³-hybridized carbons (Fsp3) is 0.625. The van der Waals surface area contributed by atoms with E-state index in [1.807, 2.05) is 0 Å². The summed E-state index contributed by atoms with van der Waals surface area (Å²) in [5.74, 6) is 1.68. The van der Waals surface area contributed by atoms with E-state index in [4.69, 9.17) is 10.5 Å². The SMILES string of the molecule is COc1cccc2c1CC1CCCC[C@@]2(C)[C@H]1N. The van der Waals surface area contributed by atoms with E-state index < -0.39 is 0 Å². The third-order valence-electron chi connectivity index (χ3n) is 5.20. The third-order valence-corrected chi connectivity index (χ3v) is 5.20. The van der Waals surface area contributed by atoms with Crippen molar-refractivity contribution in [3.05, 3.63) is 29.3 Å². The maximum atomic E-state index is 6.58. The van der Waals surface area contributed by atoms with Gasteiger partial charge in [-0.15, -0.1) is 0 Å². The van der Waals surface area contributed by atoms with Gasteiger partial charge in [0.15, 0.2) is 0 Å². The molecule has 2 N–H and O–H groups in total. The molecule has 2 nitrogen and oxygen atoms in total. The molecule has 1 saturated carbocycles. The zero-order valence-electron chi connectivity index (χ0n) is 11.4. The summed E-state index contributed by atoms with van der Waals surface area (Å²) in [6.07, 6.45) is 6.21. The smallest absolute Gasteiger partial charge is 0.122 e. The molecular weight excluding hydrogens is 222 g/mol. The number of hydrogen-bond donors (Lipinski definition) is 1. The lowest BCUT2D eigenvalue weighted by Crippen LogP contribution is -2.51. The average Bonchev–Trinajstić information content (AvgIpc) is 2.48. The van der Waals surface area contributed by atoms with Crippen LogP contribution in [-0.4, -0.2) is 13.2 Å². The summed E-state index contributed by atoms with van der Waals surface area (Å²) in [5.41, 5.74) is 9.58. The molecule has 1 unspecified atom stereocenters. The van der Waals surface area contributed by atoms with Crippen LogP contribution in [0.1, 0.15) is 43.7 Å².